The molecule has 1 rings (SSSR count). The van der Waals surface area contributed by atoms with Crippen molar-refractivity contribution in [1.29, 1.82) is 0 Å². The fraction of sp³-hybridized carbons (Fsp3) is 0.647. The van der Waals surface area contributed by atoms with Gasteiger partial charge in [0, 0.05) is 6.04 Å². The van der Waals surface area contributed by atoms with E-state index in [1.807, 2.05) is 6.07 Å². The standard InChI is InChI=1S/C17H28FN/c1-6-9-19-14(3)11-17(4,5)12-15-10-16(18)8-7-13(15)2/h7-8,10,14,19H,6,9,11-12H2,1-5H3. The van der Waals surface area contributed by atoms with Crippen LogP contribution in [0.2, 0.25) is 0 Å². The predicted octanol–water partition coefficient (Wildman–Crippen LogP) is 4.48. The van der Waals surface area contributed by atoms with Crippen LogP contribution in [0.5, 0.6) is 0 Å². The highest BCUT2D eigenvalue weighted by atomic mass is 19.1. The molecule has 0 amide bonds. The minimum absolute atomic E-state index is 0.131. The Morgan fingerprint density at radius 2 is 2.00 bits per heavy atom. The molecule has 2 heteroatoms. The summed E-state index contributed by atoms with van der Waals surface area (Å²) in [4.78, 5) is 0. The highest BCUT2D eigenvalue weighted by Crippen LogP contribution is 2.29. The first-order chi connectivity index (χ1) is 8.84. The molecule has 0 spiro atoms. The van der Waals surface area contributed by atoms with Crippen LogP contribution < -0.4 is 5.32 Å². The third-order valence-corrected chi connectivity index (χ3v) is 3.58. The van der Waals surface area contributed by atoms with Crippen molar-refractivity contribution in [2.75, 3.05) is 6.54 Å². The molecule has 0 radical (unpaired) electrons. The summed E-state index contributed by atoms with van der Waals surface area (Å²) in [5.41, 5.74) is 2.50. The summed E-state index contributed by atoms with van der Waals surface area (Å²) in [5.74, 6) is -0.131. The molecule has 1 nitrogen and oxygen atoms in total. The lowest BCUT2D eigenvalue weighted by Crippen LogP contribution is -2.32. The van der Waals surface area contributed by atoms with Crippen LogP contribution in [0.4, 0.5) is 4.39 Å². The van der Waals surface area contributed by atoms with E-state index in [0.717, 1.165) is 31.4 Å². The summed E-state index contributed by atoms with van der Waals surface area (Å²) >= 11 is 0. The van der Waals surface area contributed by atoms with Crippen molar-refractivity contribution in [1.82, 2.24) is 5.32 Å². The van der Waals surface area contributed by atoms with Gasteiger partial charge in [0.1, 0.15) is 5.82 Å². The normalized spacial score (nSPS) is 13.6. The van der Waals surface area contributed by atoms with Crippen LogP contribution in [0.25, 0.3) is 0 Å². The molecular weight excluding hydrogens is 237 g/mol. The molecule has 0 fully saturated rings. The highest BCUT2D eigenvalue weighted by Gasteiger charge is 2.22. The van der Waals surface area contributed by atoms with Gasteiger partial charge < -0.3 is 5.32 Å². The number of hydrogen-bond acceptors (Lipinski definition) is 1. The number of aryl methyl sites for hydroxylation is 1. The van der Waals surface area contributed by atoms with Crippen LogP contribution in [0.15, 0.2) is 18.2 Å². The molecule has 0 heterocycles. The summed E-state index contributed by atoms with van der Waals surface area (Å²) in [6.45, 7) is 12.1. The van der Waals surface area contributed by atoms with Gasteiger partial charge in [0.15, 0.2) is 0 Å². The molecule has 0 saturated carbocycles. The first kappa shape index (κ1) is 16.2. The lowest BCUT2D eigenvalue weighted by Gasteiger charge is -2.29. The quantitative estimate of drug-likeness (QED) is 0.766. The minimum Gasteiger partial charge on any atom is -0.314 e. The average molecular weight is 265 g/mol. The fourth-order valence-corrected chi connectivity index (χ4v) is 2.71. The SMILES string of the molecule is CCCNC(C)CC(C)(C)Cc1cc(F)ccc1C. The predicted molar refractivity (Wildman–Crippen MR) is 81.0 cm³/mol. The first-order valence-electron chi connectivity index (χ1n) is 7.32. The van der Waals surface area contributed by atoms with E-state index in [0.29, 0.717) is 6.04 Å². The van der Waals surface area contributed by atoms with Crippen molar-refractivity contribution in [3.05, 3.63) is 35.1 Å². The molecule has 1 N–H and O–H groups in total. The van der Waals surface area contributed by atoms with Crippen LogP contribution in [0.1, 0.15) is 51.7 Å². The van der Waals surface area contributed by atoms with Gasteiger partial charge in [-0.25, -0.2) is 4.39 Å². The number of halogens is 1. The molecule has 0 aliphatic heterocycles. The first-order valence-corrected chi connectivity index (χ1v) is 7.32. The van der Waals surface area contributed by atoms with Crippen molar-refractivity contribution in [3.63, 3.8) is 0 Å². The van der Waals surface area contributed by atoms with Gasteiger partial charge in [-0.15, -0.1) is 0 Å². The summed E-state index contributed by atoms with van der Waals surface area (Å²) < 4.78 is 13.3. The monoisotopic (exact) mass is 265 g/mol. The Bertz CT molecular complexity index is 398. The maximum Gasteiger partial charge on any atom is 0.123 e. The third kappa shape index (κ3) is 5.73. The summed E-state index contributed by atoms with van der Waals surface area (Å²) in [6, 6.07) is 5.60. The van der Waals surface area contributed by atoms with E-state index in [2.05, 4.69) is 39.9 Å². The smallest absolute Gasteiger partial charge is 0.123 e. The van der Waals surface area contributed by atoms with Crippen LogP contribution >= 0.6 is 0 Å². The molecule has 1 atom stereocenters. The Kier molecular flexibility index (Phi) is 5.99. The molecule has 1 unspecified atom stereocenters. The second-order valence-corrected chi connectivity index (χ2v) is 6.47. The molecule has 108 valence electrons. The van der Waals surface area contributed by atoms with Gasteiger partial charge in [-0.3, -0.25) is 0 Å². The average Bonchev–Trinajstić information content (AvgIpc) is 2.30. The Morgan fingerprint density at radius 1 is 1.32 bits per heavy atom. The van der Waals surface area contributed by atoms with Crippen LogP contribution in [0.3, 0.4) is 0 Å². The minimum atomic E-state index is -0.131. The van der Waals surface area contributed by atoms with Crippen LogP contribution in [-0.4, -0.2) is 12.6 Å². The zero-order valence-corrected chi connectivity index (χ0v) is 13.0. The maximum atomic E-state index is 13.3. The van der Waals surface area contributed by atoms with Gasteiger partial charge in [-0.05, 0) is 68.3 Å². The van der Waals surface area contributed by atoms with Gasteiger partial charge in [0.2, 0.25) is 0 Å². The van der Waals surface area contributed by atoms with Crippen LogP contribution in [0, 0.1) is 18.2 Å². The summed E-state index contributed by atoms with van der Waals surface area (Å²) in [6.07, 6.45) is 3.19. The molecule has 19 heavy (non-hydrogen) atoms. The van der Waals surface area contributed by atoms with E-state index in [-0.39, 0.29) is 11.2 Å². The topological polar surface area (TPSA) is 12.0 Å². The Labute approximate surface area is 117 Å². The second-order valence-electron chi connectivity index (χ2n) is 6.47. The molecule has 0 bridgehead atoms. The summed E-state index contributed by atoms with van der Waals surface area (Å²) in [5, 5.41) is 3.53. The fourth-order valence-electron chi connectivity index (χ4n) is 2.71. The van der Waals surface area contributed by atoms with Crippen molar-refractivity contribution >= 4 is 0 Å². The Hall–Kier alpha value is -0.890. The maximum absolute atomic E-state index is 13.3. The van der Waals surface area contributed by atoms with Gasteiger partial charge in [-0.2, -0.15) is 0 Å². The lowest BCUT2D eigenvalue weighted by molar-refractivity contribution is 0.286. The number of benzene rings is 1. The molecule has 0 aromatic heterocycles. The van der Waals surface area contributed by atoms with E-state index in [1.54, 1.807) is 6.07 Å². The highest BCUT2D eigenvalue weighted by molar-refractivity contribution is 5.27. The zero-order valence-electron chi connectivity index (χ0n) is 13.0. The Morgan fingerprint density at radius 3 is 2.63 bits per heavy atom. The number of hydrogen-bond donors (Lipinski definition) is 1. The van der Waals surface area contributed by atoms with Crippen molar-refractivity contribution < 1.29 is 4.39 Å². The number of nitrogens with one attached hydrogen (secondary N) is 1. The third-order valence-electron chi connectivity index (χ3n) is 3.58. The van der Waals surface area contributed by atoms with E-state index in [1.165, 1.54) is 11.6 Å². The van der Waals surface area contributed by atoms with E-state index in [4.69, 9.17) is 0 Å². The number of rotatable bonds is 7. The van der Waals surface area contributed by atoms with Gasteiger partial charge in [0.05, 0.1) is 0 Å². The van der Waals surface area contributed by atoms with Crippen LogP contribution in [-0.2, 0) is 6.42 Å². The molecule has 0 saturated heterocycles. The second kappa shape index (κ2) is 7.04. The molecule has 0 aliphatic rings. The summed E-state index contributed by atoms with van der Waals surface area (Å²) in [7, 11) is 0. The van der Waals surface area contributed by atoms with E-state index in [9.17, 15) is 4.39 Å². The van der Waals surface area contributed by atoms with Gasteiger partial charge in [0.25, 0.3) is 0 Å². The van der Waals surface area contributed by atoms with Gasteiger partial charge >= 0.3 is 0 Å². The van der Waals surface area contributed by atoms with E-state index < -0.39 is 0 Å². The largest absolute Gasteiger partial charge is 0.314 e. The lowest BCUT2D eigenvalue weighted by atomic mass is 9.79. The van der Waals surface area contributed by atoms with E-state index >= 15 is 0 Å². The van der Waals surface area contributed by atoms with Gasteiger partial charge in [-0.1, -0.05) is 26.8 Å². The van der Waals surface area contributed by atoms with Crippen molar-refractivity contribution in [3.8, 4) is 0 Å². The van der Waals surface area contributed by atoms with Crippen molar-refractivity contribution in [2.24, 2.45) is 5.41 Å². The molecule has 1 aromatic rings. The molecule has 0 aliphatic carbocycles. The van der Waals surface area contributed by atoms with Crippen molar-refractivity contribution in [2.45, 2.75) is 59.9 Å². The molecular formula is C17H28FN. The molecule has 1 aromatic carbocycles. The Balaban J connectivity index is 2.65. The zero-order chi connectivity index (χ0) is 14.5.